The molecule has 0 unspecified atom stereocenters. The van der Waals surface area contributed by atoms with Crippen LogP contribution in [0.2, 0.25) is 5.02 Å². The quantitative estimate of drug-likeness (QED) is 0.623. The van der Waals surface area contributed by atoms with E-state index in [1.165, 1.54) is 7.05 Å². The first kappa shape index (κ1) is 21.8. The smallest absolute Gasteiger partial charge is 0.260 e. The number of amides is 1. The van der Waals surface area contributed by atoms with Gasteiger partial charge >= 0.3 is 0 Å². The van der Waals surface area contributed by atoms with Crippen molar-refractivity contribution in [1.29, 1.82) is 0 Å². The van der Waals surface area contributed by atoms with Gasteiger partial charge in [0.1, 0.15) is 18.1 Å². The fourth-order valence-electron chi connectivity index (χ4n) is 2.22. The summed E-state index contributed by atoms with van der Waals surface area (Å²) >= 11 is 5.99. The van der Waals surface area contributed by atoms with E-state index in [1.54, 1.807) is 43.3 Å². The van der Waals surface area contributed by atoms with E-state index in [0.29, 0.717) is 28.8 Å². The van der Waals surface area contributed by atoms with Crippen molar-refractivity contribution >= 4 is 33.2 Å². The van der Waals surface area contributed by atoms with Crippen molar-refractivity contribution in [3.8, 4) is 11.5 Å². The number of nitrogens with one attached hydrogen (secondary N) is 1. The molecule has 1 amide bonds. The van der Waals surface area contributed by atoms with Crippen LogP contribution in [0.25, 0.3) is 0 Å². The van der Waals surface area contributed by atoms with E-state index in [2.05, 4.69) is 5.32 Å². The third kappa shape index (κ3) is 6.31. The molecule has 0 aliphatic rings. The van der Waals surface area contributed by atoms with Crippen LogP contribution < -0.4 is 19.1 Å². The summed E-state index contributed by atoms with van der Waals surface area (Å²) in [6, 6.07) is 13.5. The number of carbonyl (C=O) groups is 1. The van der Waals surface area contributed by atoms with Crippen LogP contribution in [0.5, 0.6) is 11.5 Å². The number of rotatable bonds is 9. The predicted molar refractivity (Wildman–Crippen MR) is 110 cm³/mol. The molecule has 1 N–H and O–H groups in total. The van der Waals surface area contributed by atoms with E-state index in [-0.39, 0.29) is 12.5 Å². The largest absolute Gasteiger partial charge is 0.490 e. The second kappa shape index (κ2) is 9.66. The Kier molecular flexibility index (Phi) is 7.53. The molecule has 2 rings (SSSR count). The summed E-state index contributed by atoms with van der Waals surface area (Å²) in [4.78, 5) is 12.1. The Hall–Kier alpha value is -2.45. The van der Waals surface area contributed by atoms with Crippen LogP contribution in [-0.4, -0.2) is 46.9 Å². The highest BCUT2D eigenvalue weighted by molar-refractivity contribution is 7.92. The van der Waals surface area contributed by atoms with Crippen molar-refractivity contribution in [1.82, 2.24) is 5.32 Å². The van der Waals surface area contributed by atoms with E-state index in [1.807, 2.05) is 12.1 Å². The van der Waals surface area contributed by atoms with Crippen LogP contribution in [0.4, 0.5) is 5.69 Å². The van der Waals surface area contributed by atoms with Crippen molar-refractivity contribution in [2.75, 3.05) is 30.8 Å². The van der Waals surface area contributed by atoms with Gasteiger partial charge in [0.25, 0.3) is 5.91 Å². The standard InChI is InChI=1S/C19H23ClN2O5S/c1-14(19(23)21-12-13-26-18-7-5-4-6-17(18)20)27-16-10-8-15(9-11-16)22(2)28(3,24)25/h4-11,14H,12-13H2,1-3H3,(H,21,23)/t14-/m1/s1. The molecule has 1 atom stereocenters. The number of benzene rings is 2. The van der Waals surface area contributed by atoms with Gasteiger partial charge in [-0.15, -0.1) is 0 Å². The summed E-state index contributed by atoms with van der Waals surface area (Å²) < 4.78 is 35.3. The molecule has 0 radical (unpaired) electrons. The second-order valence-electron chi connectivity index (χ2n) is 6.05. The molecule has 0 bridgehead atoms. The zero-order chi connectivity index (χ0) is 20.7. The third-order valence-electron chi connectivity index (χ3n) is 3.88. The maximum Gasteiger partial charge on any atom is 0.260 e. The lowest BCUT2D eigenvalue weighted by atomic mass is 10.3. The second-order valence-corrected chi connectivity index (χ2v) is 8.48. The molecule has 152 valence electrons. The average Bonchev–Trinajstić information content (AvgIpc) is 2.65. The zero-order valence-corrected chi connectivity index (χ0v) is 17.5. The number of sulfonamides is 1. The lowest BCUT2D eigenvalue weighted by Gasteiger charge is -2.18. The number of hydrogen-bond donors (Lipinski definition) is 1. The number of anilines is 1. The zero-order valence-electron chi connectivity index (χ0n) is 15.9. The minimum atomic E-state index is -3.33. The first-order valence-electron chi connectivity index (χ1n) is 8.54. The van der Waals surface area contributed by atoms with Crippen LogP contribution in [-0.2, 0) is 14.8 Å². The molecule has 2 aromatic carbocycles. The normalized spacial score (nSPS) is 12.1. The molecule has 0 fully saturated rings. The van der Waals surface area contributed by atoms with Gasteiger partial charge in [0.05, 0.1) is 23.5 Å². The highest BCUT2D eigenvalue weighted by atomic mass is 35.5. The van der Waals surface area contributed by atoms with Gasteiger partial charge in [0.15, 0.2) is 6.10 Å². The molecular weight excluding hydrogens is 404 g/mol. The van der Waals surface area contributed by atoms with E-state index in [4.69, 9.17) is 21.1 Å². The lowest BCUT2D eigenvalue weighted by Crippen LogP contribution is -2.38. The fraction of sp³-hybridized carbons (Fsp3) is 0.316. The molecule has 0 saturated carbocycles. The summed E-state index contributed by atoms with van der Waals surface area (Å²) in [6.07, 6.45) is 0.401. The van der Waals surface area contributed by atoms with Crippen molar-refractivity contribution < 1.29 is 22.7 Å². The van der Waals surface area contributed by atoms with Gasteiger partial charge in [-0.3, -0.25) is 9.10 Å². The van der Waals surface area contributed by atoms with Crippen LogP contribution in [0.3, 0.4) is 0 Å². The molecule has 0 spiro atoms. The SMILES string of the molecule is C[C@@H](Oc1ccc(N(C)S(C)(=O)=O)cc1)C(=O)NCCOc1ccccc1Cl. The Balaban J connectivity index is 1.79. The Morgan fingerprint density at radius 1 is 1.18 bits per heavy atom. The van der Waals surface area contributed by atoms with Crippen LogP contribution in [0.1, 0.15) is 6.92 Å². The number of nitrogens with zero attached hydrogens (tertiary/aromatic N) is 1. The molecular formula is C19H23ClN2O5S. The summed E-state index contributed by atoms with van der Waals surface area (Å²) in [5.41, 5.74) is 0.503. The molecule has 7 nitrogen and oxygen atoms in total. The van der Waals surface area contributed by atoms with E-state index in [9.17, 15) is 13.2 Å². The van der Waals surface area contributed by atoms with Gasteiger partial charge in [0.2, 0.25) is 10.0 Å². The molecule has 0 aliphatic heterocycles. The Bertz CT molecular complexity index is 903. The summed E-state index contributed by atoms with van der Waals surface area (Å²) in [6.45, 7) is 2.20. The van der Waals surface area contributed by atoms with Gasteiger partial charge in [0, 0.05) is 7.05 Å². The number of para-hydroxylation sites is 1. The lowest BCUT2D eigenvalue weighted by molar-refractivity contribution is -0.127. The Labute approximate surface area is 170 Å². The minimum Gasteiger partial charge on any atom is -0.490 e. The molecule has 0 aromatic heterocycles. The van der Waals surface area contributed by atoms with Crippen LogP contribution >= 0.6 is 11.6 Å². The maximum absolute atomic E-state index is 12.1. The fourth-order valence-corrected chi connectivity index (χ4v) is 2.92. The van der Waals surface area contributed by atoms with Crippen LogP contribution in [0, 0.1) is 0 Å². The molecule has 2 aromatic rings. The van der Waals surface area contributed by atoms with Gasteiger partial charge in [-0.25, -0.2) is 8.42 Å². The van der Waals surface area contributed by atoms with Crippen molar-refractivity contribution in [3.63, 3.8) is 0 Å². The minimum absolute atomic E-state index is 0.273. The topological polar surface area (TPSA) is 84.9 Å². The van der Waals surface area contributed by atoms with Gasteiger partial charge in [-0.1, -0.05) is 23.7 Å². The first-order valence-corrected chi connectivity index (χ1v) is 10.8. The number of ether oxygens (including phenoxy) is 2. The van der Waals surface area contributed by atoms with E-state index in [0.717, 1.165) is 10.6 Å². The highest BCUT2D eigenvalue weighted by Crippen LogP contribution is 2.23. The van der Waals surface area contributed by atoms with Crippen LogP contribution in [0.15, 0.2) is 48.5 Å². The summed E-state index contributed by atoms with van der Waals surface area (Å²) in [5.74, 6) is 0.725. The Morgan fingerprint density at radius 2 is 1.82 bits per heavy atom. The van der Waals surface area contributed by atoms with Crippen molar-refractivity contribution in [3.05, 3.63) is 53.6 Å². The molecule has 0 saturated heterocycles. The van der Waals surface area contributed by atoms with E-state index >= 15 is 0 Å². The number of carbonyl (C=O) groups excluding carboxylic acids is 1. The molecule has 0 aliphatic carbocycles. The van der Waals surface area contributed by atoms with Gasteiger partial charge < -0.3 is 14.8 Å². The average molecular weight is 427 g/mol. The van der Waals surface area contributed by atoms with Crippen molar-refractivity contribution in [2.45, 2.75) is 13.0 Å². The molecule has 28 heavy (non-hydrogen) atoms. The number of halogens is 1. The predicted octanol–water partition coefficient (Wildman–Crippen LogP) is 2.70. The van der Waals surface area contributed by atoms with Crippen molar-refractivity contribution in [2.24, 2.45) is 0 Å². The third-order valence-corrected chi connectivity index (χ3v) is 5.39. The van der Waals surface area contributed by atoms with E-state index < -0.39 is 16.1 Å². The summed E-state index contributed by atoms with van der Waals surface area (Å²) in [5, 5.41) is 3.23. The first-order chi connectivity index (χ1) is 13.2. The number of hydrogen-bond acceptors (Lipinski definition) is 5. The Morgan fingerprint density at radius 3 is 2.43 bits per heavy atom. The maximum atomic E-state index is 12.1. The highest BCUT2D eigenvalue weighted by Gasteiger charge is 2.15. The molecule has 9 heteroatoms. The monoisotopic (exact) mass is 426 g/mol. The van der Waals surface area contributed by atoms with Gasteiger partial charge in [-0.05, 0) is 43.3 Å². The summed E-state index contributed by atoms with van der Waals surface area (Å²) in [7, 11) is -1.87. The molecule has 0 heterocycles. The van der Waals surface area contributed by atoms with Gasteiger partial charge in [-0.2, -0.15) is 0 Å².